The number of fused-ring (bicyclic) bond motifs is 1. The maximum Gasteiger partial charge on any atom is 0.137 e. The second kappa shape index (κ2) is 5.60. The van der Waals surface area contributed by atoms with Gasteiger partial charge in [0, 0.05) is 24.2 Å². The molecule has 1 aromatic heterocycles. The summed E-state index contributed by atoms with van der Waals surface area (Å²) in [7, 11) is 3.85. The van der Waals surface area contributed by atoms with Crippen molar-refractivity contribution < 1.29 is 5.11 Å². The van der Waals surface area contributed by atoms with Crippen LogP contribution in [0.15, 0.2) is 24.5 Å². The van der Waals surface area contributed by atoms with Crippen LogP contribution in [-0.2, 0) is 0 Å². The third-order valence-electron chi connectivity index (χ3n) is 2.95. The summed E-state index contributed by atoms with van der Waals surface area (Å²) in [6.07, 6.45) is 1.50. The summed E-state index contributed by atoms with van der Waals surface area (Å²) < 4.78 is 0. The van der Waals surface area contributed by atoms with Crippen molar-refractivity contribution in [3.05, 3.63) is 24.5 Å². The lowest BCUT2D eigenvalue weighted by molar-refractivity contribution is 0.0459. The molecule has 0 saturated heterocycles. The Balaban J connectivity index is 2.20. The van der Waals surface area contributed by atoms with Gasteiger partial charge in [0.05, 0.1) is 11.1 Å². The first-order chi connectivity index (χ1) is 9.37. The van der Waals surface area contributed by atoms with Gasteiger partial charge in [-0.1, -0.05) is 0 Å². The molecule has 2 aromatic rings. The molecule has 6 nitrogen and oxygen atoms in total. The fourth-order valence-corrected chi connectivity index (χ4v) is 2.23. The number of nitrogens with one attached hydrogen (secondary N) is 1. The van der Waals surface area contributed by atoms with Crippen molar-refractivity contribution in [2.75, 3.05) is 38.2 Å². The molecule has 0 aliphatic heterocycles. The topological polar surface area (TPSA) is 87.3 Å². The van der Waals surface area contributed by atoms with Crippen LogP contribution in [-0.4, -0.2) is 52.8 Å². The van der Waals surface area contributed by atoms with E-state index in [-0.39, 0.29) is 0 Å². The Hall–Kier alpha value is -1.92. The predicted molar refractivity (Wildman–Crippen MR) is 81.6 cm³/mol. The number of aromatic nitrogens is 2. The summed E-state index contributed by atoms with van der Waals surface area (Å²) in [6, 6.07) is 5.50. The summed E-state index contributed by atoms with van der Waals surface area (Å²) in [5.74, 6) is 0.682. The van der Waals surface area contributed by atoms with E-state index in [4.69, 9.17) is 5.73 Å². The second-order valence-corrected chi connectivity index (χ2v) is 5.59. The van der Waals surface area contributed by atoms with Gasteiger partial charge in [-0.3, -0.25) is 0 Å². The van der Waals surface area contributed by atoms with Crippen LogP contribution in [0.1, 0.15) is 6.92 Å². The van der Waals surface area contributed by atoms with Crippen molar-refractivity contribution in [2.45, 2.75) is 12.5 Å². The lowest BCUT2D eigenvalue weighted by Crippen LogP contribution is -2.43. The van der Waals surface area contributed by atoms with Crippen molar-refractivity contribution in [1.29, 1.82) is 0 Å². The van der Waals surface area contributed by atoms with E-state index in [1.54, 1.807) is 13.0 Å². The Kier molecular flexibility index (Phi) is 4.06. The summed E-state index contributed by atoms with van der Waals surface area (Å²) in [6.45, 7) is 2.75. The number of benzene rings is 1. The molecule has 1 aromatic carbocycles. The SMILES string of the molecule is CN(C)CC(C)(O)CNc1ncnc2ccc(N)cc12. The first-order valence-corrected chi connectivity index (χ1v) is 6.49. The molecule has 1 atom stereocenters. The molecule has 0 saturated carbocycles. The second-order valence-electron chi connectivity index (χ2n) is 5.59. The maximum absolute atomic E-state index is 10.3. The number of likely N-dealkylation sites (N-methyl/N-ethyl adjacent to an activating group) is 1. The molecular formula is C14H21N5O. The van der Waals surface area contributed by atoms with E-state index in [0.717, 1.165) is 10.9 Å². The molecule has 20 heavy (non-hydrogen) atoms. The number of hydrogen-bond acceptors (Lipinski definition) is 6. The highest BCUT2D eigenvalue weighted by Gasteiger charge is 2.21. The summed E-state index contributed by atoms with van der Waals surface area (Å²) in [5.41, 5.74) is 6.44. The average molecular weight is 275 g/mol. The smallest absolute Gasteiger partial charge is 0.137 e. The minimum absolute atomic E-state index is 0.395. The predicted octanol–water partition coefficient (Wildman–Crippen LogP) is 0.936. The average Bonchev–Trinajstić information content (AvgIpc) is 2.35. The van der Waals surface area contributed by atoms with Crippen LogP contribution in [0.4, 0.5) is 11.5 Å². The molecule has 4 N–H and O–H groups in total. The number of nitrogen functional groups attached to an aromatic ring is 1. The van der Waals surface area contributed by atoms with Gasteiger partial charge < -0.3 is 21.1 Å². The van der Waals surface area contributed by atoms with Gasteiger partial charge in [0.2, 0.25) is 0 Å². The first kappa shape index (κ1) is 14.5. The van der Waals surface area contributed by atoms with Crippen molar-refractivity contribution in [3.63, 3.8) is 0 Å². The highest BCUT2D eigenvalue weighted by molar-refractivity contribution is 5.91. The van der Waals surface area contributed by atoms with Gasteiger partial charge in [0.15, 0.2) is 0 Å². The van der Waals surface area contributed by atoms with Gasteiger partial charge in [0.25, 0.3) is 0 Å². The van der Waals surface area contributed by atoms with Crippen LogP contribution in [0.5, 0.6) is 0 Å². The Morgan fingerprint density at radius 2 is 2.10 bits per heavy atom. The molecule has 0 radical (unpaired) electrons. The lowest BCUT2D eigenvalue weighted by atomic mass is 10.1. The van der Waals surface area contributed by atoms with Crippen molar-refractivity contribution in [2.24, 2.45) is 0 Å². The minimum atomic E-state index is -0.846. The van der Waals surface area contributed by atoms with Gasteiger partial charge in [-0.25, -0.2) is 9.97 Å². The fraction of sp³-hybridized carbons (Fsp3) is 0.429. The molecule has 108 valence electrons. The van der Waals surface area contributed by atoms with Gasteiger partial charge in [-0.05, 0) is 39.2 Å². The monoisotopic (exact) mass is 275 g/mol. The normalized spacial score (nSPS) is 14.4. The van der Waals surface area contributed by atoms with Crippen LogP contribution in [0.3, 0.4) is 0 Å². The molecule has 0 aliphatic carbocycles. The van der Waals surface area contributed by atoms with Crippen LogP contribution in [0.25, 0.3) is 10.9 Å². The Morgan fingerprint density at radius 1 is 1.35 bits per heavy atom. The zero-order valence-corrected chi connectivity index (χ0v) is 12.1. The summed E-state index contributed by atoms with van der Waals surface area (Å²) in [5, 5.41) is 14.3. The quantitative estimate of drug-likeness (QED) is 0.704. The maximum atomic E-state index is 10.3. The molecule has 1 unspecified atom stereocenters. The Labute approximate surface area is 118 Å². The first-order valence-electron chi connectivity index (χ1n) is 6.49. The van der Waals surface area contributed by atoms with Crippen LogP contribution >= 0.6 is 0 Å². The standard InChI is InChI=1S/C14H21N5O/c1-14(20,8-19(2)3)7-16-13-11-6-10(15)4-5-12(11)17-9-18-13/h4-6,9,20H,7-8,15H2,1-3H3,(H,16,17,18). The molecule has 0 aliphatic rings. The van der Waals surface area contributed by atoms with Gasteiger partial charge in [0.1, 0.15) is 12.1 Å². The van der Waals surface area contributed by atoms with Gasteiger partial charge >= 0.3 is 0 Å². The molecule has 6 heteroatoms. The molecule has 1 heterocycles. The van der Waals surface area contributed by atoms with Gasteiger partial charge in [-0.2, -0.15) is 0 Å². The van der Waals surface area contributed by atoms with E-state index in [2.05, 4.69) is 15.3 Å². The van der Waals surface area contributed by atoms with E-state index >= 15 is 0 Å². The molecule has 0 spiro atoms. The third-order valence-corrected chi connectivity index (χ3v) is 2.95. The Bertz CT molecular complexity index is 597. The van der Waals surface area contributed by atoms with E-state index in [0.29, 0.717) is 24.6 Å². The highest BCUT2D eigenvalue weighted by atomic mass is 16.3. The van der Waals surface area contributed by atoms with Crippen molar-refractivity contribution in [3.8, 4) is 0 Å². The molecule has 0 fully saturated rings. The van der Waals surface area contributed by atoms with E-state index < -0.39 is 5.60 Å². The van der Waals surface area contributed by atoms with Crippen LogP contribution in [0, 0.1) is 0 Å². The third kappa shape index (κ3) is 3.55. The highest BCUT2D eigenvalue weighted by Crippen LogP contribution is 2.22. The number of rotatable bonds is 5. The molecular weight excluding hydrogens is 254 g/mol. The zero-order chi connectivity index (χ0) is 14.8. The number of nitrogens with zero attached hydrogens (tertiary/aromatic N) is 3. The molecule has 2 rings (SSSR count). The van der Waals surface area contributed by atoms with E-state index in [1.807, 2.05) is 31.1 Å². The summed E-state index contributed by atoms with van der Waals surface area (Å²) in [4.78, 5) is 10.4. The zero-order valence-electron chi connectivity index (χ0n) is 12.1. The van der Waals surface area contributed by atoms with E-state index in [9.17, 15) is 5.11 Å². The molecule has 0 bridgehead atoms. The molecule has 0 amide bonds. The summed E-state index contributed by atoms with van der Waals surface area (Å²) >= 11 is 0. The largest absolute Gasteiger partial charge is 0.399 e. The van der Waals surface area contributed by atoms with E-state index in [1.165, 1.54) is 6.33 Å². The van der Waals surface area contributed by atoms with Gasteiger partial charge in [-0.15, -0.1) is 0 Å². The number of anilines is 2. The van der Waals surface area contributed by atoms with Crippen molar-refractivity contribution in [1.82, 2.24) is 14.9 Å². The minimum Gasteiger partial charge on any atom is -0.399 e. The Morgan fingerprint density at radius 3 is 2.80 bits per heavy atom. The number of aliphatic hydroxyl groups is 1. The lowest BCUT2D eigenvalue weighted by Gasteiger charge is -2.27. The number of hydrogen-bond donors (Lipinski definition) is 3. The van der Waals surface area contributed by atoms with Crippen molar-refractivity contribution >= 4 is 22.4 Å². The fourth-order valence-electron chi connectivity index (χ4n) is 2.23. The van der Waals surface area contributed by atoms with Crippen LogP contribution in [0.2, 0.25) is 0 Å². The van der Waals surface area contributed by atoms with Crippen LogP contribution < -0.4 is 11.1 Å². The number of nitrogens with two attached hydrogens (primary N) is 1.